The van der Waals surface area contributed by atoms with Gasteiger partial charge in [-0.15, -0.1) is 0 Å². The first kappa shape index (κ1) is 25.6. The predicted molar refractivity (Wildman–Crippen MR) is 86.1 cm³/mol. The van der Waals surface area contributed by atoms with E-state index in [0.717, 1.165) is 51.4 Å². The molecule has 0 aliphatic carbocycles. The summed E-state index contributed by atoms with van der Waals surface area (Å²) >= 11 is 0. The molecule has 0 aromatic heterocycles. The minimum Gasteiger partial charge on any atom is -0.756 e. The number of hydrogen-bond acceptors (Lipinski definition) is 4. The molecule has 0 N–H and O–H groups in total. The van der Waals surface area contributed by atoms with Crippen LogP contribution in [0.3, 0.4) is 0 Å². The molecule has 0 bridgehead atoms. The molecule has 0 aliphatic heterocycles. The minimum atomic E-state index is -4.14. The summed E-state index contributed by atoms with van der Waals surface area (Å²) in [5.41, 5.74) is 0. The van der Waals surface area contributed by atoms with Gasteiger partial charge in [0.25, 0.3) is 7.82 Å². The summed E-state index contributed by atoms with van der Waals surface area (Å²) in [6.45, 7) is 8.91. The molecule has 0 rings (SSSR count). The van der Waals surface area contributed by atoms with Crippen molar-refractivity contribution in [2.75, 3.05) is 13.2 Å². The molecule has 2 atom stereocenters. The molecule has 0 spiro atoms. The van der Waals surface area contributed by atoms with Gasteiger partial charge in [-0.3, -0.25) is 4.57 Å². The zero-order valence-electron chi connectivity index (χ0n) is 14.6. The van der Waals surface area contributed by atoms with Crippen molar-refractivity contribution in [1.82, 2.24) is 0 Å². The average molecular weight is 486 g/mol. The van der Waals surface area contributed by atoms with Crippen LogP contribution in [0.2, 0.25) is 0 Å². The fourth-order valence-electron chi connectivity index (χ4n) is 2.23. The van der Waals surface area contributed by atoms with Crippen LogP contribution in [0.25, 0.3) is 0 Å². The second-order valence-electron chi connectivity index (χ2n) is 5.87. The van der Waals surface area contributed by atoms with E-state index in [4.69, 9.17) is 9.05 Å². The van der Waals surface area contributed by atoms with Crippen LogP contribution in [0, 0.1) is 49.6 Å². The van der Waals surface area contributed by atoms with Gasteiger partial charge in [0.15, 0.2) is 0 Å². The zero-order chi connectivity index (χ0) is 16.1. The van der Waals surface area contributed by atoms with Crippen molar-refractivity contribution >= 4 is 7.82 Å². The monoisotopic (exact) mass is 486 g/mol. The molecular formula is C16H34HoO4P-. The average Bonchev–Trinajstić information content (AvgIpc) is 2.47. The van der Waals surface area contributed by atoms with Crippen LogP contribution in [0.4, 0.5) is 0 Å². The van der Waals surface area contributed by atoms with Gasteiger partial charge < -0.3 is 13.9 Å². The fourth-order valence-corrected chi connectivity index (χ4v) is 3.09. The Bertz CT molecular complexity index is 265. The Morgan fingerprint density at radius 1 is 0.864 bits per heavy atom. The summed E-state index contributed by atoms with van der Waals surface area (Å²) in [5.74, 6) is 0.607. The van der Waals surface area contributed by atoms with Crippen molar-refractivity contribution in [1.29, 1.82) is 0 Å². The maximum atomic E-state index is 11.8. The molecule has 0 amide bonds. The van der Waals surface area contributed by atoms with Crippen molar-refractivity contribution in [3.8, 4) is 0 Å². The van der Waals surface area contributed by atoms with Crippen LogP contribution in [0.1, 0.15) is 79.1 Å². The molecule has 0 aliphatic rings. The smallest absolute Gasteiger partial charge is 0.267 e. The van der Waals surface area contributed by atoms with E-state index in [1.54, 1.807) is 0 Å². The van der Waals surface area contributed by atoms with Crippen molar-refractivity contribution in [2.45, 2.75) is 79.1 Å². The van der Waals surface area contributed by atoms with Gasteiger partial charge in [0.05, 0.1) is 13.2 Å². The molecule has 2 unspecified atom stereocenters. The number of rotatable bonds is 14. The van der Waals surface area contributed by atoms with E-state index in [0.29, 0.717) is 11.8 Å². The van der Waals surface area contributed by atoms with E-state index in [1.807, 2.05) is 0 Å². The van der Waals surface area contributed by atoms with Gasteiger partial charge in [-0.05, 0) is 24.7 Å². The number of hydrogen-bond donors (Lipinski definition) is 0. The van der Waals surface area contributed by atoms with Gasteiger partial charge in [0.1, 0.15) is 0 Å². The maximum Gasteiger partial charge on any atom is 0.267 e. The first-order valence-corrected chi connectivity index (χ1v) is 10.0. The summed E-state index contributed by atoms with van der Waals surface area (Å²) in [4.78, 5) is 11.8. The van der Waals surface area contributed by atoms with Crippen LogP contribution in [0.5, 0.6) is 0 Å². The van der Waals surface area contributed by atoms with E-state index in [9.17, 15) is 9.46 Å². The van der Waals surface area contributed by atoms with Gasteiger partial charge in [-0.25, -0.2) is 0 Å². The molecule has 6 heteroatoms. The molecule has 0 aromatic rings. The summed E-state index contributed by atoms with van der Waals surface area (Å²) < 4.78 is 21.9. The molecule has 0 fully saturated rings. The van der Waals surface area contributed by atoms with Crippen molar-refractivity contribution in [2.24, 2.45) is 11.8 Å². The summed E-state index contributed by atoms with van der Waals surface area (Å²) in [6.07, 6.45) is 8.38. The number of unbranched alkanes of at least 4 members (excludes halogenated alkanes) is 2. The minimum absolute atomic E-state index is 0. The topological polar surface area (TPSA) is 58.6 Å². The molecule has 0 saturated heterocycles. The second kappa shape index (κ2) is 15.9. The van der Waals surface area contributed by atoms with Gasteiger partial charge in [-0.2, -0.15) is 0 Å². The molecule has 0 heterocycles. The Kier molecular flexibility index (Phi) is 18.5. The Labute approximate surface area is 167 Å². The molecule has 0 aromatic carbocycles. The van der Waals surface area contributed by atoms with Gasteiger partial charge >= 0.3 is 0 Å². The van der Waals surface area contributed by atoms with E-state index >= 15 is 0 Å². The summed E-state index contributed by atoms with van der Waals surface area (Å²) in [6, 6.07) is 0. The van der Waals surface area contributed by atoms with Gasteiger partial charge in [0, 0.05) is 37.7 Å². The molecule has 139 valence electrons. The largest absolute Gasteiger partial charge is 0.756 e. The summed E-state index contributed by atoms with van der Waals surface area (Å²) in [5, 5.41) is 0. The zero-order valence-corrected chi connectivity index (χ0v) is 17.4. The predicted octanol–water partition coefficient (Wildman–Crippen LogP) is 4.92. The molecular weight excluding hydrogens is 452 g/mol. The number of phosphoric acid groups is 1. The van der Waals surface area contributed by atoms with Crippen molar-refractivity contribution in [3.05, 3.63) is 0 Å². The van der Waals surface area contributed by atoms with Crippen LogP contribution < -0.4 is 4.89 Å². The van der Waals surface area contributed by atoms with E-state index in [-0.39, 0.29) is 51.0 Å². The Balaban J connectivity index is 0. The van der Waals surface area contributed by atoms with E-state index < -0.39 is 7.82 Å². The SMILES string of the molecule is CCCCC(CC)COP(=O)([O-])OCC(CC)CCCC.[Ho]. The Morgan fingerprint density at radius 3 is 1.50 bits per heavy atom. The van der Waals surface area contributed by atoms with Crippen molar-refractivity contribution in [3.63, 3.8) is 0 Å². The van der Waals surface area contributed by atoms with E-state index in [2.05, 4.69) is 27.7 Å². The number of phosphoric ester groups is 1. The van der Waals surface area contributed by atoms with Gasteiger partial charge in [0.2, 0.25) is 0 Å². The Hall–Kier alpha value is 1.37. The first-order chi connectivity index (χ1) is 9.99. The van der Waals surface area contributed by atoms with Gasteiger partial charge in [-0.1, -0.05) is 66.2 Å². The second-order valence-corrected chi connectivity index (χ2v) is 7.28. The van der Waals surface area contributed by atoms with Crippen molar-refractivity contribution < 1.29 is 56.2 Å². The third kappa shape index (κ3) is 13.8. The standard InChI is InChI=1S/C16H35O4P.Ho/c1-5-9-11-15(7-3)13-19-21(17,18)20-14-16(8-4)12-10-6-2;/h15-16H,5-14H2,1-4H3,(H,17,18);/p-1. The van der Waals surface area contributed by atoms with Crippen LogP contribution >= 0.6 is 7.82 Å². The third-order valence-electron chi connectivity index (χ3n) is 4.02. The van der Waals surface area contributed by atoms with Crippen LogP contribution in [0.15, 0.2) is 0 Å². The van der Waals surface area contributed by atoms with Crippen LogP contribution in [-0.2, 0) is 13.6 Å². The summed E-state index contributed by atoms with van der Waals surface area (Å²) in [7, 11) is -4.14. The van der Waals surface area contributed by atoms with E-state index in [1.165, 1.54) is 0 Å². The molecule has 22 heavy (non-hydrogen) atoms. The molecule has 1 radical (unpaired) electrons. The fraction of sp³-hybridized carbons (Fsp3) is 1.00. The normalized spacial score (nSPS) is 16.6. The maximum absolute atomic E-state index is 11.8. The third-order valence-corrected chi connectivity index (χ3v) is 4.95. The first-order valence-electron chi connectivity index (χ1n) is 8.59. The quantitative estimate of drug-likeness (QED) is 0.258. The molecule has 0 saturated carbocycles. The van der Waals surface area contributed by atoms with Crippen LogP contribution in [-0.4, -0.2) is 13.2 Å². The Morgan fingerprint density at radius 2 is 1.23 bits per heavy atom. The molecule has 4 nitrogen and oxygen atoms in total.